The van der Waals surface area contributed by atoms with Gasteiger partial charge in [0.2, 0.25) is 0 Å². The topological polar surface area (TPSA) is 8.17 Å². The van der Waals surface area contributed by atoms with Crippen LogP contribution in [0.3, 0.4) is 0 Å². The Morgan fingerprint density at radius 3 is 1.87 bits per heavy atom. The number of para-hydroxylation sites is 3. The molecule has 2 aromatic heterocycles. The molecule has 0 fully saturated rings. The zero-order valence-electron chi connectivity index (χ0n) is 33.2. The highest BCUT2D eigenvalue weighted by atomic mass is 32.1. The van der Waals surface area contributed by atoms with E-state index in [1.165, 1.54) is 75.1 Å². The molecular weight excluding hydrogens is 757 g/mol. The molecule has 0 aliphatic rings. The summed E-state index contributed by atoms with van der Waals surface area (Å²) in [6, 6.07) is 84.2. The van der Waals surface area contributed by atoms with E-state index in [9.17, 15) is 0 Å². The Kier molecular flexibility index (Phi) is 8.39. The summed E-state index contributed by atoms with van der Waals surface area (Å²) in [5.74, 6) is 0. The molecular formula is C58H38N2S. The van der Waals surface area contributed by atoms with Crippen molar-refractivity contribution in [3.63, 3.8) is 0 Å². The van der Waals surface area contributed by atoms with Gasteiger partial charge in [-0.2, -0.15) is 0 Å². The number of benzene rings is 10. The fourth-order valence-electron chi connectivity index (χ4n) is 9.44. The van der Waals surface area contributed by atoms with E-state index in [0.29, 0.717) is 0 Å². The number of anilines is 3. The van der Waals surface area contributed by atoms with E-state index >= 15 is 0 Å². The van der Waals surface area contributed by atoms with Crippen molar-refractivity contribution in [1.29, 1.82) is 0 Å². The second-order valence-corrected chi connectivity index (χ2v) is 16.7. The standard InChI is InChI=1S/C58H38N2S/c1-3-17-40(18-4-1)46-35-33-41(45-27-15-20-39-19-7-8-23-44(39)45)37-55(46)59(42-21-5-2-6-22-42)43-34-36-49-47-24-9-12-30-53(47)60(56(49)38-43)54-31-13-10-25-48(54)51-28-16-29-52-50-26-11-14-32-57(50)61-58(51)52/h1-38H. The molecule has 0 atom stereocenters. The second-order valence-electron chi connectivity index (χ2n) is 15.6. The van der Waals surface area contributed by atoms with Crippen molar-refractivity contribution in [2.24, 2.45) is 0 Å². The van der Waals surface area contributed by atoms with E-state index in [0.717, 1.165) is 33.8 Å². The normalized spacial score (nSPS) is 11.6. The van der Waals surface area contributed by atoms with E-state index < -0.39 is 0 Å². The van der Waals surface area contributed by atoms with Crippen LogP contribution in [0.15, 0.2) is 231 Å². The molecule has 0 bridgehead atoms. The van der Waals surface area contributed by atoms with Crippen molar-refractivity contribution in [3.8, 4) is 39.1 Å². The molecule has 12 rings (SSSR count). The SMILES string of the molecule is c1ccc(-c2ccc(-c3cccc4ccccc34)cc2N(c2ccccc2)c2ccc3c4ccccc4n(-c4ccccc4-c4cccc5c4sc4ccccc45)c3c2)cc1. The molecule has 0 aliphatic carbocycles. The summed E-state index contributed by atoms with van der Waals surface area (Å²) in [6.45, 7) is 0. The summed E-state index contributed by atoms with van der Waals surface area (Å²) in [7, 11) is 0. The summed E-state index contributed by atoms with van der Waals surface area (Å²) in [6.07, 6.45) is 0. The lowest BCUT2D eigenvalue weighted by Gasteiger charge is -2.29. The van der Waals surface area contributed by atoms with E-state index in [2.05, 4.69) is 240 Å². The molecule has 0 saturated carbocycles. The number of aromatic nitrogens is 1. The van der Waals surface area contributed by atoms with Crippen molar-refractivity contribution < 1.29 is 0 Å². The van der Waals surface area contributed by atoms with Crippen molar-refractivity contribution in [1.82, 2.24) is 4.57 Å². The quantitative estimate of drug-likeness (QED) is 0.156. The second kappa shape index (κ2) is 14.5. The van der Waals surface area contributed by atoms with Gasteiger partial charge in [0.25, 0.3) is 0 Å². The van der Waals surface area contributed by atoms with Crippen LogP contribution in [0.4, 0.5) is 17.1 Å². The molecule has 0 N–H and O–H groups in total. The van der Waals surface area contributed by atoms with Gasteiger partial charge in [-0.3, -0.25) is 0 Å². The van der Waals surface area contributed by atoms with Crippen LogP contribution in [-0.2, 0) is 0 Å². The summed E-state index contributed by atoms with van der Waals surface area (Å²) in [5.41, 5.74) is 14.0. The van der Waals surface area contributed by atoms with Crippen LogP contribution in [0.1, 0.15) is 0 Å². The van der Waals surface area contributed by atoms with Gasteiger partial charge in [0.15, 0.2) is 0 Å². The third kappa shape index (κ3) is 5.85. The molecule has 10 aromatic carbocycles. The highest BCUT2D eigenvalue weighted by Gasteiger charge is 2.23. The lowest BCUT2D eigenvalue weighted by molar-refractivity contribution is 1.18. The Balaban J connectivity index is 1.12. The first kappa shape index (κ1) is 35.2. The summed E-state index contributed by atoms with van der Waals surface area (Å²) >= 11 is 1.88. The third-order valence-corrected chi connectivity index (χ3v) is 13.4. The first-order valence-electron chi connectivity index (χ1n) is 20.8. The van der Waals surface area contributed by atoms with Gasteiger partial charge in [-0.1, -0.05) is 182 Å². The first-order valence-corrected chi connectivity index (χ1v) is 21.7. The summed E-state index contributed by atoms with van der Waals surface area (Å²) < 4.78 is 5.11. The summed E-state index contributed by atoms with van der Waals surface area (Å²) in [5, 5.41) is 7.53. The van der Waals surface area contributed by atoms with E-state index in [4.69, 9.17) is 0 Å². The Bertz CT molecular complexity index is 3590. The fourth-order valence-corrected chi connectivity index (χ4v) is 10.7. The number of fused-ring (bicyclic) bond motifs is 7. The summed E-state index contributed by atoms with van der Waals surface area (Å²) in [4.78, 5) is 2.45. The fraction of sp³-hybridized carbons (Fsp3) is 0. The van der Waals surface area contributed by atoms with Crippen molar-refractivity contribution in [2.45, 2.75) is 0 Å². The van der Waals surface area contributed by atoms with Gasteiger partial charge in [0, 0.05) is 59.0 Å². The Morgan fingerprint density at radius 2 is 0.984 bits per heavy atom. The third-order valence-electron chi connectivity index (χ3n) is 12.2. The highest BCUT2D eigenvalue weighted by molar-refractivity contribution is 7.26. The Labute approximate surface area is 358 Å². The maximum absolute atomic E-state index is 2.49. The van der Waals surface area contributed by atoms with E-state index in [-0.39, 0.29) is 0 Å². The van der Waals surface area contributed by atoms with Gasteiger partial charge in [-0.25, -0.2) is 0 Å². The lowest BCUT2D eigenvalue weighted by atomic mass is 9.94. The predicted molar refractivity (Wildman–Crippen MR) is 262 cm³/mol. The average Bonchev–Trinajstić information content (AvgIpc) is 3.88. The van der Waals surface area contributed by atoms with Gasteiger partial charge in [0.05, 0.1) is 22.4 Å². The number of nitrogens with zero attached hydrogens (tertiary/aromatic N) is 2. The molecule has 0 spiro atoms. The average molecular weight is 795 g/mol. The lowest BCUT2D eigenvalue weighted by Crippen LogP contribution is -2.11. The molecule has 0 unspecified atom stereocenters. The minimum Gasteiger partial charge on any atom is -0.310 e. The zero-order valence-corrected chi connectivity index (χ0v) is 34.1. The first-order chi connectivity index (χ1) is 30.3. The van der Waals surface area contributed by atoms with Crippen molar-refractivity contribution in [2.75, 3.05) is 4.90 Å². The minimum absolute atomic E-state index is 1.08. The van der Waals surface area contributed by atoms with Crippen molar-refractivity contribution >= 4 is 81.1 Å². The van der Waals surface area contributed by atoms with Crippen LogP contribution in [0.5, 0.6) is 0 Å². The van der Waals surface area contributed by atoms with Gasteiger partial charge < -0.3 is 9.47 Å². The molecule has 3 heteroatoms. The number of rotatable bonds is 7. The molecule has 286 valence electrons. The van der Waals surface area contributed by atoms with E-state index in [1.807, 2.05) is 11.3 Å². The maximum Gasteiger partial charge on any atom is 0.0562 e. The van der Waals surface area contributed by atoms with Gasteiger partial charge >= 0.3 is 0 Å². The molecule has 0 aliphatic heterocycles. The predicted octanol–water partition coefficient (Wildman–Crippen LogP) is 16.8. The van der Waals surface area contributed by atoms with Crippen LogP contribution < -0.4 is 4.90 Å². The smallest absolute Gasteiger partial charge is 0.0562 e. The molecule has 61 heavy (non-hydrogen) atoms. The molecule has 0 radical (unpaired) electrons. The van der Waals surface area contributed by atoms with Crippen LogP contribution in [0.2, 0.25) is 0 Å². The minimum atomic E-state index is 1.08. The Hall–Kier alpha value is -7.72. The van der Waals surface area contributed by atoms with Gasteiger partial charge in [-0.15, -0.1) is 11.3 Å². The largest absolute Gasteiger partial charge is 0.310 e. The Morgan fingerprint density at radius 1 is 0.344 bits per heavy atom. The monoisotopic (exact) mass is 794 g/mol. The number of hydrogen-bond acceptors (Lipinski definition) is 2. The van der Waals surface area contributed by atoms with Crippen LogP contribution in [0, 0.1) is 0 Å². The van der Waals surface area contributed by atoms with Crippen LogP contribution in [0.25, 0.3) is 91.8 Å². The van der Waals surface area contributed by atoms with E-state index in [1.54, 1.807) is 0 Å². The van der Waals surface area contributed by atoms with Crippen LogP contribution >= 0.6 is 11.3 Å². The van der Waals surface area contributed by atoms with Gasteiger partial charge in [-0.05, 0) is 76.0 Å². The molecule has 0 saturated heterocycles. The highest BCUT2D eigenvalue weighted by Crippen LogP contribution is 2.47. The van der Waals surface area contributed by atoms with Gasteiger partial charge in [0.1, 0.15) is 0 Å². The number of thiophene rings is 1. The van der Waals surface area contributed by atoms with Crippen molar-refractivity contribution in [3.05, 3.63) is 231 Å². The molecule has 2 nitrogen and oxygen atoms in total. The number of hydrogen-bond donors (Lipinski definition) is 0. The molecule has 12 aromatic rings. The molecule has 2 heterocycles. The maximum atomic E-state index is 2.49. The molecule has 0 amide bonds. The van der Waals surface area contributed by atoms with Crippen LogP contribution in [-0.4, -0.2) is 4.57 Å². The zero-order chi connectivity index (χ0) is 40.3.